The van der Waals surface area contributed by atoms with Crippen molar-refractivity contribution in [2.45, 2.75) is 26.9 Å². The molecule has 2 aromatic rings. The molecule has 1 aliphatic heterocycles. The highest BCUT2D eigenvalue weighted by atomic mass is 79.9. The van der Waals surface area contributed by atoms with Crippen LogP contribution in [0.1, 0.15) is 26.3 Å². The third kappa shape index (κ3) is 6.32. The molecule has 1 N–H and O–H groups in total. The normalized spacial score (nSPS) is 14.6. The molecule has 8 nitrogen and oxygen atoms in total. The van der Waals surface area contributed by atoms with Gasteiger partial charge in [-0.2, -0.15) is 0 Å². The Morgan fingerprint density at radius 3 is 2.53 bits per heavy atom. The maximum Gasteiger partial charge on any atom is 0.294 e. The topological polar surface area (TPSA) is 94.2 Å². The van der Waals surface area contributed by atoms with Crippen LogP contribution in [0.3, 0.4) is 0 Å². The van der Waals surface area contributed by atoms with Crippen molar-refractivity contribution in [1.82, 2.24) is 4.90 Å². The number of carbonyl (C=O) groups excluding carboxylic acids is 3. The van der Waals surface area contributed by atoms with Crippen LogP contribution in [-0.2, 0) is 9.59 Å². The minimum atomic E-state index is -0.531. The number of thioether (sulfide) groups is 1. The molecule has 10 heteroatoms. The molecule has 0 atom stereocenters. The van der Waals surface area contributed by atoms with E-state index in [1.807, 2.05) is 20.8 Å². The van der Waals surface area contributed by atoms with Crippen LogP contribution in [0.15, 0.2) is 45.8 Å². The maximum absolute atomic E-state index is 12.9. The van der Waals surface area contributed by atoms with Crippen molar-refractivity contribution in [3.63, 3.8) is 0 Å². The van der Waals surface area contributed by atoms with Crippen LogP contribution < -0.4 is 19.5 Å². The number of carbonyl (C=O) groups is 3. The van der Waals surface area contributed by atoms with Crippen molar-refractivity contribution in [2.75, 3.05) is 25.6 Å². The van der Waals surface area contributed by atoms with E-state index in [0.29, 0.717) is 39.6 Å². The predicted octanol–water partition coefficient (Wildman–Crippen LogP) is 5.32. The van der Waals surface area contributed by atoms with Gasteiger partial charge < -0.3 is 19.5 Å². The lowest BCUT2D eigenvalue weighted by molar-refractivity contribution is -0.127. The van der Waals surface area contributed by atoms with E-state index in [2.05, 4.69) is 21.2 Å². The van der Waals surface area contributed by atoms with Crippen LogP contribution >= 0.6 is 27.7 Å². The highest BCUT2D eigenvalue weighted by Gasteiger charge is 2.36. The molecule has 1 heterocycles. The zero-order valence-corrected chi connectivity index (χ0v) is 21.6. The highest BCUT2D eigenvalue weighted by molar-refractivity contribution is 9.10. The van der Waals surface area contributed by atoms with E-state index < -0.39 is 17.1 Å². The number of amides is 3. The Kier molecular flexibility index (Phi) is 8.62. The zero-order chi connectivity index (χ0) is 24.8. The molecule has 0 radical (unpaired) electrons. The van der Waals surface area contributed by atoms with Crippen molar-refractivity contribution >= 4 is 56.5 Å². The number of nitrogens with one attached hydrogen (secondary N) is 1. The first-order valence-corrected chi connectivity index (χ1v) is 12.1. The van der Waals surface area contributed by atoms with Gasteiger partial charge in [0.25, 0.3) is 11.1 Å². The third-order valence-electron chi connectivity index (χ3n) is 4.53. The summed E-state index contributed by atoms with van der Waals surface area (Å²) in [6, 6.07) is 10.3. The van der Waals surface area contributed by atoms with Crippen molar-refractivity contribution in [3.8, 4) is 17.2 Å². The fourth-order valence-corrected chi connectivity index (χ4v) is 4.48. The van der Waals surface area contributed by atoms with Gasteiger partial charge >= 0.3 is 0 Å². The average Bonchev–Trinajstić information content (AvgIpc) is 3.04. The second-order valence-electron chi connectivity index (χ2n) is 7.47. The molecule has 0 aromatic heterocycles. The van der Waals surface area contributed by atoms with Gasteiger partial charge in [-0.25, -0.2) is 0 Å². The van der Waals surface area contributed by atoms with Crippen molar-refractivity contribution in [2.24, 2.45) is 0 Å². The largest absolute Gasteiger partial charge is 0.497 e. The minimum absolute atomic E-state index is 0.0538. The van der Waals surface area contributed by atoms with E-state index >= 15 is 0 Å². The van der Waals surface area contributed by atoms with E-state index in [-0.39, 0.29) is 17.6 Å². The number of benzene rings is 2. The van der Waals surface area contributed by atoms with Gasteiger partial charge in [-0.3, -0.25) is 19.3 Å². The molecule has 1 fully saturated rings. The first-order valence-electron chi connectivity index (χ1n) is 10.5. The number of hydrogen-bond acceptors (Lipinski definition) is 7. The number of rotatable bonds is 9. The summed E-state index contributed by atoms with van der Waals surface area (Å²) in [6.07, 6.45) is 1.54. The molecule has 3 amide bonds. The molecule has 1 saturated heterocycles. The van der Waals surface area contributed by atoms with Crippen molar-refractivity contribution in [1.29, 1.82) is 0 Å². The smallest absolute Gasteiger partial charge is 0.294 e. The molecule has 3 rings (SSSR count). The molecule has 0 aliphatic carbocycles. The Bertz CT molecular complexity index is 1120. The molecule has 34 heavy (non-hydrogen) atoms. The van der Waals surface area contributed by atoms with E-state index in [1.165, 1.54) is 0 Å². The Morgan fingerprint density at radius 2 is 1.91 bits per heavy atom. The average molecular weight is 549 g/mol. The van der Waals surface area contributed by atoms with Crippen LogP contribution in [-0.4, -0.2) is 48.3 Å². The van der Waals surface area contributed by atoms with Gasteiger partial charge in [-0.15, -0.1) is 0 Å². The van der Waals surface area contributed by atoms with Gasteiger partial charge in [0, 0.05) is 5.69 Å². The van der Waals surface area contributed by atoms with Gasteiger partial charge in [0.2, 0.25) is 5.91 Å². The summed E-state index contributed by atoms with van der Waals surface area (Å²) in [5.74, 6) is 0.728. The molecule has 180 valence electrons. The Labute approximate surface area is 210 Å². The summed E-state index contributed by atoms with van der Waals surface area (Å²) in [4.78, 5) is 38.8. The lowest BCUT2D eigenvalue weighted by Gasteiger charge is -2.17. The first kappa shape index (κ1) is 25.6. The lowest BCUT2D eigenvalue weighted by atomic mass is 10.1. The lowest BCUT2D eigenvalue weighted by Crippen LogP contribution is -2.36. The predicted molar refractivity (Wildman–Crippen MR) is 135 cm³/mol. The number of anilines is 1. The number of methoxy groups -OCH3 is 1. The quantitative estimate of drug-likeness (QED) is 0.424. The molecule has 0 bridgehead atoms. The molecule has 0 spiro atoms. The molecular formula is C24H25BrN2O6S. The molecule has 0 unspecified atom stereocenters. The van der Waals surface area contributed by atoms with E-state index in [9.17, 15) is 14.4 Å². The van der Waals surface area contributed by atoms with Crippen LogP contribution in [0.4, 0.5) is 10.5 Å². The summed E-state index contributed by atoms with van der Waals surface area (Å²) in [5.41, 5.74) is 1.19. The van der Waals surface area contributed by atoms with Crippen molar-refractivity contribution in [3.05, 3.63) is 51.3 Å². The summed E-state index contributed by atoms with van der Waals surface area (Å²) in [7, 11) is 1.55. The Balaban J connectivity index is 1.75. The summed E-state index contributed by atoms with van der Waals surface area (Å²) >= 11 is 4.28. The van der Waals surface area contributed by atoms with Gasteiger partial charge in [0.15, 0.2) is 11.5 Å². The Hall–Kier alpha value is -2.98. The summed E-state index contributed by atoms with van der Waals surface area (Å²) < 4.78 is 17.3. The SMILES string of the molecule is CCOc1cc(/C=C2/SC(=O)N(CC(=O)Nc3ccc(OC)cc3)C2=O)cc(Br)c1OC(C)C. The van der Waals surface area contributed by atoms with Crippen LogP contribution in [0.25, 0.3) is 6.08 Å². The van der Waals surface area contributed by atoms with Gasteiger partial charge in [-0.05, 0) is 96.5 Å². The van der Waals surface area contributed by atoms with Gasteiger partial charge in [-0.1, -0.05) is 0 Å². The molecule has 1 aliphatic rings. The number of ether oxygens (including phenoxy) is 3. The van der Waals surface area contributed by atoms with Gasteiger partial charge in [0.1, 0.15) is 12.3 Å². The number of hydrogen-bond donors (Lipinski definition) is 1. The molecular weight excluding hydrogens is 524 g/mol. The molecule has 0 saturated carbocycles. The highest BCUT2D eigenvalue weighted by Crippen LogP contribution is 2.39. The first-order chi connectivity index (χ1) is 16.2. The molecule has 2 aromatic carbocycles. The van der Waals surface area contributed by atoms with E-state index in [4.69, 9.17) is 14.2 Å². The Morgan fingerprint density at radius 1 is 1.21 bits per heavy atom. The van der Waals surface area contributed by atoms with Gasteiger partial charge in [0.05, 0.1) is 29.2 Å². The minimum Gasteiger partial charge on any atom is -0.497 e. The fourth-order valence-electron chi connectivity index (χ4n) is 3.09. The number of imide groups is 1. The second kappa shape index (κ2) is 11.4. The van der Waals surface area contributed by atoms with Crippen LogP contribution in [0.5, 0.6) is 17.2 Å². The second-order valence-corrected chi connectivity index (χ2v) is 9.32. The van der Waals surface area contributed by atoms with Crippen LogP contribution in [0.2, 0.25) is 0 Å². The van der Waals surface area contributed by atoms with Crippen molar-refractivity contribution < 1.29 is 28.6 Å². The zero-order valence-electron chi connectivity index (χ0n) is 19.2. The third-order valence-corrected chi connectivity index (χ3v) is 6.03. The van der Waals surface area contributed by atoms with Crippen LogP contribution in [0, 0.1) is 0 Å². The fraction of sp³-hybridized carbons (Fsp3) is 0.292. The number of nitrogens with zero attached hydrogens (tertiary/aromatic N) is 1. The monoisotopic (exact) mass is 548 g/mol. The summed E-state index contributed by atoms with van der Waals surface area (Å²) in [6.45, 7) is 5.74. The van der Waals surface area contributed by atoms with E-state index in [0.717, 1.165) is 16.7 Å². The summed E-state index contributed by atoms with van der Waals surface area (Å²) in [5, 5.41) is 2.16. The standard InChI is InChI=1S/C24H25BrN2O6S/c1-5-32-19-11-15(10-18(25)22(19)33-14(2)3)12-20-23(29)27(24(30)34-20)13-21(28)26-16-6-8-17(31-4)9-7-16/h6-12,14H,5,13H2,1-4H3,(H,26,28)/b20-12+. The number of halogens is 1. The maximum atomic E-state index is 12.9. The van der Waals surface area contributed by atoms with E-state index in [1.54, 1.807) is 49.6 Å².